The molecule has 4 aromatic heterocycles. The van der Waals surface area contributed by atoms with Crippen LogP contribution in [0.5, 0.6) is 0 Å². The van der Waals surface area contributed by atoms with E-state index < -0.39 is 11.2 Å². The maximum atomic E-state index is 12.1. The van der Waals surface area contributed by atoms with Crippen LogP contribution in [-0.2, 0) is 22.3 Å². The molecule has 0 radical (unpaired) electrons. The first kappa shape index (κ1) is 43.3. The van der Waals surface area contributed by atoms with Crippen molar-refractivity contribution in [3.8, 4) is 0 Å². The molecule has 312 valence electrons. The third-order valence-corrected chi connectivity index (χ3v) is 13.1. The zero-order valence-electron chi connectivity index (χ0n) is 34.8. The number of nitrogens with zero attached hydrogens (tertiary/aromatic N) is 5. The van der Waals surface area contributed by atoms with Crippen LogP contribution in [0.2, 0.25) is 5.15 Å². The van der Waals surface area contributed by atoms with E-state index in [1.807, 2.05) is 48.6 Å². The number of carbonyl (C=O) groups excluding carboxylic acids is 2. The minimum absolute atomic E-state index is 0.146. The Bertz CT molecular complexity index is 1970. The van der Waals surface area contributed by atoms with Gasteiger partial charge >= 0.3 is 12.2 Å². The number of aromatic nitrogens is 4. The summed E-state index contributed by atoms with van der Waals surface area (Å²) in [4.78, 5) is 48.0. The molecule has 4 heterocycles. The topological polar surface area (TPSA) is 143 Å². The molecule has 0 aromatic carbocycles. The van der Waals surface area contributed by atoms with E-state index >= 15 is 0 Å². The highest BCUT2D eigenvalue weighted by molar-refractivity contribution is 7.19. The Kier molecular flexibility index (Phi) is 14.2. The molecule has 57 heavy (non-hydrogen) atoms. The standard InChI is InChI=1S/C21H30N4O2S.C11H22N2O2.C10H9ClN2S/c1-21(2,3)27-20(26)24-14-7-8-15(10-14)25(4)18-17-11-16(9-13-5-6-13)28-19(17)23-12-22-18;1-11(2,3)15-10(14)13-9-6-5-8(7-9)12-4;11-9-8-4-7(3-6-1-2-6)14-10(8)13-5-12-9/h11-15H,5-10H2,1-4H3,(H,24,26);8-9,12H,5-7H2,1-4H3,(H,13,14);4-6H,1-3H2/t14-,15+;8-,9+;/m01./s1. The number of halogens is 1. The van der Waals surface area contributed by atoms with E-state index in [0.29, 0.717) is 17.2 Å². The molecule has 0 unspecified atom stereocenters. The number of ether oxygens (including phenoxy) is 2. The molecule has 0 bridgehead atoms. The molecule has 2 amide bonds. The van der Waals surface area contributed by atoms with Crippen LogP contribution in [0.1, 0.15) is 116 Å². The summed E-state index contributed by atoms with van der Waals surface area (Å²) in [5, 5.41) is 11.9. The Morgan fingerprint density at radius 3 is 1.72 bits per heavy atom. The molecule has 15 heteroatoms. The second-order valence-electron chi connectivity index (χ2n) is 18.1. The fourth-order valence-corrected chi connectivity index (χ4v) is 9.86. The molecule has 4 atom stereocenters. The van der Waals surface area contributed by atoms with Gasteiger partial charge in [-0.1, -0.05) is 11.6 Å². The quantitative estimate of drug-likeness (QED) is 0.140. The first-order valence-corrected chi connectivity index (χ1v) is 22.5. The van der Waals surface area contributed by atoms with Gasteiger partial charge in [-0.2, -0.15) is 0 Å². The summed E-state index contributed by atoms with van der Waals surface area (Å²) < 4.78 is 10.6. The van der Waals surface area contributed by atoms with Gasteiger partial charge in [0.2, 0.25) is 0 Å². The number of alkyl carbamates (subject to hydrolysis) is 2. The van der Waals surface area contributed by atoms with Gasteiger partial charge in [-0.05, 0) is 150 Å². The summed E-state index contributed by atoms with van der Waals surface area (Å²) in [6, 6.07) is 5.72. The Labute approximate surface area is 350 Å². The molecule has 12 nitrogen and oxygen atoms in total. The van der Waals surface area contributed by atoms with Gasteiger partial charge in [0.1, 0.15) is 44.5 Å². The normalized spacial score (nSPS) is 22.0. The highest BCUT2D eigenvalue weighted by Crippen LogP contribution is 2.39. The fourth-order valence-electron chi connectivity index (χ4n) is 7.40. The first-order chi connectivity index (χ1) is 27.0. The molecule has 4 saturated carbocycles. The summed E-state index contributed by atoms with van der Waals surface area (Å²) in [5.74, 6) is 2.79. The summed E-state index contributed by atoms with van der Waals surface area (Å²) in [6.45, 7) is 11.3. The van der Waals surface area contributed by atoms with Crippen molar-refractivity contribution in [2.75, 3.05) is 19.0 Å². The van der Waals surface area contributed by atoms with Crippen LogP contribution >= 0.6 is 34.3 Å². The molecule has 0 aliphatic heterocycles. The Hall–Kier alpha value is -3.33. The summed E-state index contributed by atoms with van der Waals surface area (Å²) in [5.41, 5.74) is -0.881. The van der Waals surface area contributed by atoms with Crippen LogP contribution in [0.25, 0.3) is 20.4 Å². The van der Waals surface area contributed by atoms with Crippen molar-refractivity contribution in [3.05, 3.63) is 39.7 Å². The summed E-state index contributed by atoms with van der Waals surface area (Å²) in [6.07, 6.45) is 16.5. The third kappa shape index (κ3) is 13.3. The van der Waals surface area contributed by atoms with E-state index in [1.54, 1.807) is 29.0 Å². The first-order valence-electron chi connectivity index (χ1n) is 20.5. The number of thiophene rings is 2. The fraction of sp³-hybridized carbons (Fsp3) is 0.667. The lowest BCUT2D eigenvalue weighted by Crippen LogP contribution is -2.39. The minimum Gasteiger partial charge on any atom is -0.444 e. The van der Waals surface area contributed by atoms with E-state index in [2.05, 4.69) is 60.0 Å². The average molecular weight is 842 g/mol. The number of fused-ring (bicyclic) bond motifs is 2. The van der Waals surface area contributed by atoms with Crippen LogP contribution < -0.4 is 20.9 Å². The van der Waals surface area contributed by atoms with Gasteiger partial charge in [0, 0.05) is 46.4 Å². The number of hydrogen-bond donors (Lipinski definition) is 3. The summed E-state index contributed by atoms with van der Waals surface area (Å²) in [7, 11) is 4.07. The lowest BCUT2D eigenvalue weighted by atomic mass is 10.2. The maximum Gasteiger partial charge on any atom is 0.407 e. The molecular formula is C42H61ClN8O4S2. The van der Waals surface area contributed by atoms with Gasteiger partial charge in [-0.25, -0.2) is 29.5 Å². The number of carbonyl (C=O) groups is 2. The van der Waals surface area contributed by atoms with Gasteiger partial charge in [0.15, 0.2) is 0 Å². The zero-order valence-corrected chi connectivity index (χ0v) is 37.2. The smallest absolute Gasteiger partial charge is 0.407 e. The second-order valence-corrected chi connectivity index (χ2v) is 20.7. The lowest BCUT2D eigenvalue weighted by molar-refractivity contribution is 0.0493. The van der Waals surface area contributed by atoms with Crippen LogP contribution in [0.15, 0.2) is 24.8 Å². The molecule has 0 saturated heterocycles. The van der Waals surface area contributed by atoms with E-state index in [4.69, 9.17) is 21.1 Å². The Balaban J connectivity index is 0.000000159. The predicted molar refractivity (Wildman–Crippen MR) is 232 cm³/mol. The highest BCUT2D eigenvalue weighted by atomic mass is 35.5. The maximum absolute atomic E-state index is 12.1. The van der Waals surface area contributed by atoms with Crippen molar-refractivity contribution in [1.29, 1.82) is 0 Å². The third-order valence-electron chi connectivity index (χ3n) is 10.6. The number of amides is 2. The average Bonchev–Trinajstić information content (AvgIpc) is 3.86. The Morgan fingerprint density at radius 1 is 0.719 bits per heavy atom. The monoisotopic (exact) mass is 840 g/mol. The molecule has 4 aliphatic carbocycles. The number of hydrogen-bond acceptors (Lipinski definition) is 12. The van der Waals surface area contributed by atoms with Gasteiger partial charge in [-0.3, -0.25) is 0 Å². The van der Waals surface area contributed by atoms with Gasteiger partial charge in [0.25, 0.3) is 0 Å². The molecule has 3 N–H and O–H groups in total. The summed E-state index contributed by atoms with van der Waals surface area (Å²) >= 11 is 9.52. The van der Waals surface area contributed by atoms with E-state index in [1.165, 1.54) is 54.6 Å². The molecule has 0 spiro atoms. The molecule has 4 fully saturated rings. The van der Waals surface area contributed by atoms with Crippen molar-refractivity contribution in [1.82, 2.24) is 35.9 Å². The number of nitrogens with one attached hydrogen (secondary N) is 3. The van der Waals surface area contributed by atoms with E-state index in [-0.39, 0.29) is 24.3 Å². The van der Waals surface area contributed by atoms with Crippen molar-refractivity contribution in [3.63, 3.8) is 0 Å². The molecule has 4 aliphatic rings. The predicted octanol–water partition coefficient (Wildman–Crippen LogP) is 9.47. The van der Waals surface area contributed by atoms with Crippen LogP contribution in [0, 0.1) is 11.8 Å². The van der Waals surface area contributed by atoms with E-state index in [0.717, 1.165) is 76.6 Å². The molecule has 8 rings (SSSR count). The Morgan fingerprint density at radius 2 is 1.21 bits per heavy atom. The highest BCUT2D eigenvalue weighted by Gasteiger charge is 2.32. The minimum atomic E-state index is -0.470. The van der Waals surface area contributed by atoms with Crippen LogP contribution in [-0.4, -0.2) is 81.6 Å². The SMILES string of the molecule is CN(c1ncnc2sc(CC3CC3)cc12)[C@@H]1CC[C@H](NC(=O)OC(C)(C)C)C1.CN[C@@H]1CC[C@H](NC(=O)OC(C)(C)C)C1.Clc1ncnc2sc(CC3CC3)cc12. The van der Waals surface area contributed by atoms with Crippen molar-refractivity contribution in [2.45, 2.75) is 154 Å². The van der Waals surface area contributed by atoms with Crippen LogP contribution in [0.4, 0.5) is 15.4 Å². The molecular weight excluding hydrogens is 780 g/mol. The second kappa shape index (κ2) is 18.7. The number of rotatable bonds is 9. The van der Waals surface area contributed by atoms with Crippen molar-refractivity contribution in [2.24, 2.45) is 11.8 Å². The van der Waals surface area contributed by atoms with Gasteiger partial charge in [-0.15, -0.1) is 22.7 Å². The van der Waals surface area contributed by atoms with E-state index in [9.17, 15) is 9.59 Å². The molecule has 4 aromatic rings. The van der Waals surface area contributed by atoms with Gasteiger partial charge < -0.3 is 30.3 Å². The van der Waals surface area contributed by atoms with Crippen molar-refractivity contribution >= 4 is 72.7 Å². The zero-order chi connectivity index (χ0) is 40.9. The lowest BCUT2D eigenvalue weighted by Gasteiger charge is -2.26. The van der Waals surface area contributed by atoms with Crippen molar-refractivity contribution < 1.29 is 19.1 Å². The van der Waals surface area contributed by atoms with Gasteiger partial charge in [0.05, 0.1) is 5.39 Å². The largest absolute Gasteiger partial charge is 0.444 e. The number of anilines is 1. The van der Waals surface area contributed by atoms with Crippen LogP contribution in [0.3, 0.4) is 0 Å².